The third kappa shape index (κ3) is 2.98. The Hall–Kier alpha value is -1.91. The second-order valence-corrected chi connectivity index (χ2v) is 5.90. The van der Waals surface area contributed by atoms with E-state index >= 15 is 0 Å². The monoisotopic (exact) mass is 276 g/mol. The van der Waals surface area contributed by atoms with Gasteiger partial charge in [0.25, 0.3) is 0 Å². The molecule has 1 aliphatic heterocycles. The lowest BCUT2D eigenvalue weighted by Crippen LogP contribution is -2.36. The lowest BCUT2D eigenvalue weighted by atomic mass is 9.89. The van der Waals surface area contributed by atoms with Gasteiger partial charge in [-0.1, -0.05) is 6.07 Å². The van der Waals surface area contributed by atoms with Gasteiger partial charge in [0.2, 0.25) is 5.91 Å². The SMILES string of the molecule is CC(C)(CC(=O)N1CCCC1c1cccnc1)C(=O)O. The molecule has 1 unspecified atom stereocenters. The number of carboxylic acids is 1. The van der Waals surface area contributed by atoms with E-state index in [2.05, 4.69) is 4.98 Å². The summed E-state index contributed by atoms with van der Waals surface area (Å²) in [7, 11) is 0. The van der Waals surface area contributed by atoms with E-state index in [1.807, 2.05) is 12.1 Å². The van der Waals surface area contributed by atoms with Crippen molar-refractivity contribution in [2.24, 2.45) is 5.41 Å². The van der Waals surface area contributed by atoms with E-state index in [9.17, 15) is 9.59 Å². The Labute approximate surface area is 118 Å². The number of likely N-dealkylation sites (tertiary alicyclic amines) is 1. The van der Waals surface area contributed by atoms with E-state index in [0.29, 0.717) is 6.54 Å². The molecule has 1 aromatic heterocycles. The standard InChI is InChI=1S/C15H20N2O3/c1-15(2,14(19)20)9-13(18)17-8-4-6-12(17)11-5-3-7-16-10-11/h3,5,7,10,12H,4,6,8-9H2,1-2H3,(H,19,20). The number of aromatic nitrogens is 1. The largest absolute Gasteiger partial charge is 0.481 e. The van der Waals surface area contributed by atoms with E-state index in [1.54, 1.807) is 31.1 Å². The lowest BCUT2D eigenvalue weighted by molar-refractivity contribution is -0.151. The molecule has 2 heterocycles. The first-order valence-electron chi connectivity index (χ1n) is 6.84. The first kappa shape index (κ1) is 14.5. The number of carboxylic acid groups (broad SMARTS) is 1. The molecular weight excluding hydrogens is 256 g/mol. The average molecular weight is 276 g/mol. The molecule has 5 heteroatoms. The van der Waals surface area contributed by atoms with Crippen LogP contribution in [0.25, 0.3) is 0 Å². The molecule has 1 fully saturated rings. The summed E-state index contributed by atoms with van der Waals surface area (Å²) in [4.78, 5) is 29.4. The van der Waals surface area contributed by atoms with Gasteiger partial charge in [0.1, 0.15) is 0 Å². The molecule has 1 N–H and O–H groups in total. The van der Waals surface area contributed by atoms with Gasteiger partial charge in [-0.15, -0.1) is 0 Å². The van der Waals surface area contributed by atoms with Crippen molar-refractivity contribution < 1.29 is 14.7 Å². The highest BCUT2D eigenvalue weighted by atomic mass is 16.4. The molecule has 0 saturated carbocycles. The first-order chi connectivity index (χ1) is 9.42. The molecule has 1 aliphatic rings. The van der Waals surface area contributed by atoms with Crippen LogP contribution in [0.4, 0.5) is 0 Å². The zero-order chi connectivity index (χ0) is 14.8. The Morgan fingerprint density at radius 2 is 2.25 bits per heavy atom. The highest BCUT2D eigenvalue weighted by molar-refractivity contribution is 5.84. The van der Waals surface area contributed by atoms with Crippen molar-refractivity contribution in [1.29, 1.82) is 0 Å². The number of hydrogen-bond acceptors (Lipinski definition) is 3. The quantitative estimate of drug-likeness (QED) is 0.915. The minimum atomic E-state index is -1.03. The van der Waals surface area contributed by atoms with Crippen molar-refractivity contribution in [1.82, 2.24) is 9.88 Å². The second kappa shape index (κ2) is 5.61. The molecule has 1 saturated heterocycles. The molecule has 108 valence electrons. The average Bonchev–Trinajstić information content (AvgIpc) is 2.88. The Morgan fingerprint density at radius 3 is 2.85 bits per heavy atom. The highest BCUT2D eigenvalue weighted by Gasteiger charge is 2.36. The second-order valence-electron chi connectivity index (χ2n) is 5.90. The van der Waals surface area contributed by atoms with Gasteiger partial charge < -0.3 is 10.0 Å². The molecule has 0 aliphatic carbocycles. The summed E-state index contributed by atoms with van der Waals surface area (Å²) >= 11 is 0. The minimum Gasteiger partial charge on any atom is -0.481 e. The molecule has 0 aromatic carbocycles. The molecule has 0 radical (unpaired) electrons. The summed E-state index contributed by atoms with van der Waals surface area (Å²) in [6, 6.07) is 3.85. The molecule has 0 spiro atoms. The Kier molecular flexibility index (Phi) is 4.06. The number of carbonyl (C=O) groups is 2. The molecule has 5 nitrogen and oxygen atoms in total. The van der Waals surface area contributed by atoms with Crippen molar-refractivity contribution >= 4 is 11.9 Å². The maximum Gasteiger partial charge on any atom is 0.309 e. The number of hydrogen-bond donors (Lipinski definition) is 1. The summed E-state index contributed by atoms with van der Waals surface area (Å²) in [5.41, 5.74) is -0.00872. The highest BCUT2D eigenvalue weighted by Crippen LogP contribution is 2.33. The molecule has 1 atom stereocenters. The number of pyridine rings is 1. The molecular formula is C15H20N2O3. The fourth-order valence-electron chi connectivity index (χ4n) is 2.54. The predicted octanol–water partition coefficient (Wildman–Crippen LogP) is 2.25. The van der Waals surface area contributed by atoms with Crippen molar-refractivity contribution in [2.45, 2.75) is 39.2 Å². The fraction of sp³-hybridized carbons (Fsp3) is 0.533. The van der Waals surface area contributed by atoms with Crippen molar-refractivity contribution in [3.63, 3.8) is 0 Å². The Bertz CT molecular complexity index is 499. The van der Waals surface area contributed by atoms with E-state index in [0.717, 1.165) is 18.4 Å². The van der Waals surface area contributed by atoms with Crippen LogP contribution in [0.5, 0.6) is 0 Å². The number of rotatable bonds is 4. The number of nitrogens with zero attached hydrogens (tertiary/aromatic N) is 2. The maximum atomic E-state index is 12.4. The first-order valence-corrected chi connectivity index (χ1v) is 6.84. The zero-order valence-corrected chi connectivity index (χ0v) is 11.9. The van der Waals surface area contributed by atoms with E-state index < -0.39 is 11.4 Å². The number of amides is 1. The smallest absolute Gasteiger partial charge is 0.309 e. The van der Waals surface area contributed by atoms with Crippen LogP contribution in [0.2, 0.25) is 0 Å². The van der Waals surface area contributed by atoms with Gasteiger partial charge in [-0.3, -0.25) is 14.6 Å². The van der Waals surface area contributed by atoms with Crippen LogP contribution < -0.4 is 0 Å². The third-order valence-electron chi connectivity index (χ3n) is 3.81. The summed E-state index contributed by atoms with van der Waals surface area (Å²) in [6.07, 6.45) is 5.36. The van der Waals surface area contributed by atoms with Gasteiger partial charge in [0.05, 0.1) is 11.5 Å². The minimum absolute atomic E-state index is 0.0269. The zero-order valence-electron chi connectivity index (χ0n) is 11.9. The molecule has 1 aromatic rings. The molecule has 20 heavy (non-hydrogen) atoms. The van der Waals surface area contributed by atoms with Gasteiger partial charge in [-0.25, -0.2) is 0 Å². The van der Waals surface area contributed by atoms with Crippen LogP contribution >= 0.6 is 0 Å². The summed E-state index contributed by atoms with van der Waals surface area (Å²) < 4.78 is 0. The Morgan fingerprint density at radius 1 is 1.50 bits per heavy atom. The summed E-state index contributed by atoms with van der Waals surface area (Å²) in [5, 5.41) is 9.14. The van der Waals surface area contributed by atoms with Gasteiger partial charge in [-0.2, -0.15) is 0 Å². The number of aliphatic carboxylic acids is 1. The van der Waals surface area contributed by atoms with Crippen molar-refractivity contribution in [2.75, 3.05) is 6.54 Å². The van der Waals surface area contributed by atoms with Crippen LogP contribution in [-0.2, 0) is 9.59 Å². The fourth-order valence-corrected chi connectivity index (χ4v) is 2.54. The molecule has 1 amide bonds. The van der Waals surface area contributed by atoms with Crippen LogP contribution in [0, 0.1) is 5.41 Å². The number of carbonyl (C=O) groups excluding carboxylic acids is 1. The van der Waals surface area contributed by atoms with Crippen LogP contribution in [0.3, 0.4) is 0 Å². The molecule has 2 rings (SSSR count). The van der Waals surface area contributed by atoms with E-state index in [4.69, 9.17) is 5.11 Å². The van der Waals surface area contributed by atoms with Crippen LogP contribution in [0.1, 0.15) is 44.7 Å². The third-order valence-corrected chi connectivity index (χ3v) is 3.81. The predicted molar refractivity (Wildman–Crippen MR) is 74.0 cm³/mol. The molecule has 0 bridgehead atoms. The van der Waals surface area contributed by atoms with E-state index in [1.165, 1.54) is 0 Å². The van der Waals surface area contributed by atoms with Gasteiger partial charge in [0, 0.05) is 25.4 Å². The van der Waals surface area contributed by atoms with Gasteiger partial charge in [0.15, 0.2) is 0 Å². The van der Waals surface area contributed by atoms with Crippen LogP contribution in [-0.4, -0.2) is 33.4 Å². The van der Waals surface area contributed by atoms with Gasteiger partial charge >= 0.3 is 5.97 Å². The van der Waals surface area contributed by atoms with Gasteiger partial charge in [-0.05, 0) is 38.3 Å². The maximum absolute atomic E-state index is 12.4. The lowest BCUT2D eigenvalue weighted by Gasteiger charge is -2.28. The normalized spacial score (nSPS) is 19.1. The Balaban J connectivity index is 2.12. The van der Waals surface area contributed by atoms with Crippen molar-refractivity contribution in [3.8, 4) is 0 Å². The van der Waals surface area contributed by atoms with Crippen molar-refractivity contribution in [3.05, 3.63) is 30.1 Å². The summed E-state index contributed by atoms with van der Waals surface area (Å²) in [5.74, 6) is -1.04. The van der Waals surface area contributed by atoms with E-state index in [-0.39, 0.29) is 18.4 Å². The summed E-state index contributed by atoms with van der Waals surface area (Å²) in [6.45, 7) is 3.86. The topological polar surface area (TPSA) is 70.5 Å². The van der Waals surface area contributed by atoms with Crippen LogP contribution in [0.15, 0.2) is 24.5 Å².